The molecular weight excluding hydrogens is 206 g/mol. The van der Waals surface area contributed by atoms with Crippen LogP contribution in [0.5, 0.6) is 0 Å². The Labute approximate surface area is 95.3 Å². The molecule has 0 radical (unpaired) electrons. The van der Waals surface area contributed by atoms with Crippen LogP contribution in [0.25, 0.3) is 0 Å². The van der Waals surface area contributed by atoms with Crippen molar-refractivity contribution >= 4 is 5.97 Å². The molecule has 0 aliphatic heterocycles. The number of aryl methyl sites for hydroxylation is 1. The largest absolute Gasteiger partial charge is 0.464 e. The van der Waals surface area contributed by atoms with E-state index in [1.807, 2.05) is 13.8 Å². The van der Waals surface area contributed by atoms with Crippen molar-refractivity contribution in [1.82, 2.24) is 4.98 Å². The normalized spacial score (nSPS) is 12.2. The average Bonchev–Trinajstić information content (AvgIpc) is 2.29. The number of pyridine rings is 1. The summed E-state index contributed by atoms with van der Waals surface area (Å²) in [7, 11) is 0. The standard InChI is InChI=1S/C12H17NO3/c1-3-4-7-16-12(15)11(14)10-6-5-9(2)13-8-10/h5-6,8,11,14H,3-4,7H2,1-2H3. The van der Waals surface area contributed by atoms with E-state index >= 15 is 0 Å². The van der Waals surface area contributed by atoms with Crippen LogP contribution >= 0.6 is 0 Å². The molecule has 1 heterocycles. The van der Waals surface area contributed by atoms with Gasteiger partial charge in [-0.1, -0.05) is 19.4 Å². The first-order valence-electron chi connectivity index (χ1n) is 5.42. The highest BCUT2D eigenvalue weighted by Gasteiger charge is 2.18. The number of rotatable bonds is 5. The zero-order valence-electron chi connectivity index (χ0n) is 9.64. The molecule has 0 spiro atoms. The third-order valence-corrected chi connectivity index (χ3v) is 2.22. The van der Waals surface area contributed by atoms with Crippen LogP contribution < -0.4 is 0 Å². The summed E-state index contributed by atoms with van der Waals surface area (Å²) in [6.45, 7) is 4.20. The van der Waals surface area contributed by atoms with Crippen LogP contribution in [-0.4, -0.2) is 22.7 Å². The van der Waals surface area contributed by atoms with Crippen molar-refractivity contribution in [2.24, 2.45) is 0 Å². The number of carbonyl (C=O) groups excluding carboxylic acids is 1. The maximum Gasteiger partial charge on any atom is 0.339 e. The van der Waals surface area contributed by atoms with Gasteiger partial charge in [-0.3, -0.25) is 4.98 Å². The molecule has 0 aliphatic rings. The first kappa shape index (κ1) is 12.6. The molecule has 1 unspecified atom stereocenters. The van der Waals surface area contributed by atoms with Gasteiger partial charge in [-0.25, -0.2) is 4.79 Å². The zero-order valence-corrected chi connectivity index (χ0v) is 9.64. The maximum absolute atomic E-state index is 11.4. The van der Waals surface area contributed by atoms with Crippen molar-refractivity contribution in [3.63, 3.8) is 0 Å². The second-order valence-electron chi connectivity index (χ2n) is 3.66. The number of unbranched alkanes of at least 4 members (excludes halogenated alkanes) is 1. The van der Waals surface area contributed by atoms with Crippen molar-refractivity contribution in [2.45, 2.75) is 32.8 Å². The number of nitrogens with zero attached hydrogens (tertiary/aromatic N) is 1. The van der Waals surface area contributed by atoms with E-state index < -0.39 is 12.1 Å². The fourth-order valence-electron chi connectivity index (χ4n) is 1.17. The molecule has 0 bridgehead atoms. The highest BCUT2D eigenvalue weighted by atomic mass is 16.5. The van der Waals surface area contributed by atoms with Crippen LogP contribution in [0.3, 0.4) is 0 Å². The maximum atomic E-state index is 11.4. The highest BCUT2D eigenvalue weighted by Crippen LogP contribution is 2.13. The second-order valence-corrected chi connectivity index (χ2v) is 3.66. The van der Waals surface area contributed by atoms with Gasteiger partial charge < -0.3 is 9.84 Å². The fraction of sp³-hybridized carbons (Fsp3) is 0.500. The first-order chi connectivity index (χ1) is 7.65. The quantitative estimate of drug-likeness (QED) is 0.610. The number of ether oxygens (including phenoxy) is 1. The monoisotopic (exact) mass is 223 g/mol. The Bertz CT molecular complexity index is 335. The molecule has 1 aromatic rings. The van der Waals surface area contributed by atoms with Gasteiger partial charge in [0.15, 0.2) is 6.10 Å². The van der Waals surface area contributed by atoms with Gasteiger partial charge >= 0.3 is 5.97 Å². The number of esters is 1. The summed E-state index contributed by atoms with van der Waals surface area (Å²) >= 11 is 0. The molecule has 0 amide bonds. The van der Waals surface area contributed by atoms with E-state index in [2.05, 4.69) is 4.98 Å². The molecule has 0 aromatic carbocycles. The minimum atomic E-state index is -1.23. The number of aliphatic hydroxyl groups is 1. The molecule has 88 valence electrons. The molecule has 16 heavy (non-hydrogen) atoms. The lowest BCUT2D eigenvalue weighted by Crippen LogP contribution is -2.16. The van der Waals surface area contributed by atoms with Gasteiger partial charge in [0.1, 0.15) is 0 Å². The molecule has 4 heteroatoms. The SMILES string of the molecule is CCCCOC(=O)C(O)c1ccc(C)nc1. The lowest BCUT2D eigenvalue weighted by Gasteiger charge is -2.10. The molecule has 0 saturated heterocycles. The Kier molecular flexibility index (Phi) is 4.92. The summed E-state index contributed by atoms with van der Waals surface area (Å²) in [5, 5.41) is 9.66. The van der Waals surface area contributed by atoms with Gasteiger partial charge in [0, 0.05) is 17.5 Å². The minimum Gasteiger partial charge on any atom is -0.464 e. The number of carbonyl (C=O) groups is 1. The van der Waals surface area contributed by atoms with E-state index in [9.17, 15) is 9.90 Å². The van der Waals surface area contributed by atoms with E-state index in [4.69, 9.17) is 4.74 Å². The molecule has 0 fully saturated rings. The Hall–Kier alpha value is -1.42. The lowest BCUT2D eigenvalue weighted by atomic mass is 10.1. The molecule has 0 saturated carbocycles. The topological polar surface area (TPSA) is 59.4 Å². The molecular formula is C12H17NO3. The molecule has 1 rings (SSSR count). The van der Waals surface area contributed by atoms with Crippen LogP contribution in [0.15, 0.2) is 18.3 Å². The van der Waals surface area contributed by atoms with Crippen LogP contribution in [-0.2, 0) is 9.53 Å². The summed E-state index contributed by atoms with van der Waals surface area (Å²) in [6.07, 6.45) is 2.02. The van der Waals surface area contributed by atoms with E-state index in [0.717, 1.165) is 18.5 Å². The van der Waals surface area contributed by atoms with Crippen molar-refractivity contribution in [3.05, 3.63) is 29.6 Å². The fourth-order valence-corrected chi connectivity index (χ4v) is 1.17. The van der Waals surface area contributed by atoms with E-state index in [1.54, 1.807) is 12.1 Å². The van der Waals surface area contributed by atoms with Gasteiger partial charge in [0.05, 0.1) is 6.61 Å². The van der Waals surface area contributed by atoms with Gasteiger partial charge in [-0.15, -0.1) is 0 Å². The number of aromatic nitrogens is 1. The van der Waals surface area contributed by atoms with E-state index in [0.29, 0.717) is 12.2 Å². The minimum absolute atomic E-state index is 0.353. The van der Waals surface area contributed by atoms with Crippen molar-refractivity contribution in [3.8, 4) is 0 Å². The smallest absolute Gasteiger partial charge is 0.339 e. The van der Waals surface area contributed by atoms with Gasteiger partial charge in [-0.05, 0) is 19.4 Å². The predicted molar refractivity (Wildman–Crippen MR) is 59.8 cm³/mol. The summed E-state index contributed by atoms with van der Waals surface area (Å²) in [5.41, 5.74) is 1.31. The van der Waals surface area contributed by atoms with Gasteiger partial charge in [0.2, 0.25) is 0 Å². The number of aliphatic hydroxyl groups excluding tert-OH is 1. The zero-order chi connectivity index (χ0) is 12.0. The Morgan fingerprint density at radius 3 is 2.88 bits per heavy atom. The summed E-state index contributed by atoms with van der Waals surface area (Å²) in [5.74, 6) is -0.612. The van der Waals surface area contributed by atoms with Crippen LogP contribution in [0, 0.1) is 6.92 Å². The van der Waals surface area contributed by atoms with Gasteiger partial charge in [-0.2, -0.15) is 0 Å². The average molecular weight is 223 g/mol. The Morgan fingerprint density at radius 2 is 2.31 bits per heavy atom. The van der Waals surface area contributed by atoms with Crippen molar-refractivity contribution in [1.29, 1.82) is 0 Å². The molecule has 0 aliphatic carbocycles. The third-order valence-electron chi connectivity index (χ3n) is 2.22. The van der Waals surface area contributed by atoms with E-state index in [1.165, 1.54) is 6.20 Å². The van der Waals surface area contributed by atoms with Gasteiger partial charge in [0.25, 0.3) is 0 Å². The molecule has 1 N–H and O–H groups in total. The predicted octanol–water partition coefficient (Wildman–Crippen LogP) is 1.77. The highest BCUT2D eigenvalue weighted by molar-refractivity contribution is 5.76. The van der Waals surface area contributed by atoms with Crippen LogP contribution in [0.2, 0.25) is 0 Å². The van der Waals surface area contributed by atoms with Crippen molar-refractivity contribution < 1.29 is 14.6 Å². The van der Waals surface area contributed by atoms with E-state index in [-0.39, 0.29) is 0 Å². The summed E-state index contributed by atoms with van der Waals surface area (Å²) < 4.78 is 4.91. The Balaban J connectivity index is 2.53. The summed E-state index contributed by atoms with van der Waals surface area (Å²) in [4.78, 5) is 15.4. The first-order valence-corrected chi connectivity index (χ1v) is 5.42. The molecule has 1 atom stereocenters. The Morgan fingerprint density at radius 1 is 1.56 bits per heavy atom. The number of hydrogen-bond acceptors (Lipinski definition) is 4. The second kappa shape index (κ2) is 6.23. The lowest BCUT2D eigenvalue weighted by molar-refractivity contribution is -0.154. The van der Waals surface area contributed by atoms with Crippen LogP contribution in [0.4, 0.5) is 0 Å². The molecule has 4 nitrogen and oxygen atoms in total. The third kappa shape index (κ3) is 3.62. The van der Waals surface area contributed by atoms with Crippen LogP contribution in [0.1, 0.15) is 37.1 Å². The molecule has 1 aromatic heterocycles. The number of hydrogen-bond donors (Lipinski definition) is 1. The van der Waals surface area contributed by atoms with Crippen molar-refractivity contribution in [2.75, 3.05) is 6.61 Å². The summed E-state index contributed by atoms with van der Waals surface area (Å²) in [6, 6.07) is 3.42.